The Morgan fingerprint density at radius 3 is 2.95 bits per heavy atom. The first kappa shape index (κ1) is 12.7. The Morgan fingerprint density at radius 1 is 1.40 bits per heavy atom. The van der Waals surface area contributed by atoms with E-state index in [0.29, 0.717) is 34.7 Å². The molecule has 1 heterocycles. The van der Waals surface area contributed by atoms with Crippen LogP contribution in [0, 0.1) is 0 Å². The standard InChI is InChI=1S/C14H14N2O4/c1-18-12-6-9(7-17)2-5-11(12)19-8-13-15-14(20-16-13)10-3-4-10/h2,5-7,10H,3-4,8H2,1H3. The van der Waals surface area contributed by atoms with Gasteiger partial charge in [-0.25, -0.2) is 0 Å². The van der Waals surface area contributed by atoms with E-state index < -0.39 is 0 Å². The van der Waals surface area contributed by atoms with Gasteiger partial charge in [0.1, 0.15) is 6.29 Å². The summed E-state index contributed by atoms with van der Waals surface area (Å²) in [5, 5.41) is 3.87. The predicted octanol–water partition coefficient (Wildman–Crippen LogP) is 2.35. The van der Waals surface area contributed by atoms with E-state index in [0.717, 1.165) is 19.1 Å². The zero-order valence-electron chi connectivity index (χ0n) is 11.0. The van der Waals surface area contributed by atoms with Gasteiger partial charge in [0, 0.05) is 11.5 Å². The molecule has 6 nitrogen and oxygen atoms in total. The number of aldehydes is 1. The van der Waals surface area contributed by atoms with Crippen molar-refractivity contribution in [2.45, 2.75) is 25.4 Å². The molecule has 0 unspecified atom stereocenters. The Labute approximate surface area is 115 Å². The number of carbonyl (C=O) groups is 1. The minimum atomic E-state index is 0.201. The number of methoxy groups -OCH3 is 1. The van der Waals surface area contributed by atoms with Gasteiger partial charge in [-0.1, -0.05) is 5.16 Å². The van der Waals surface area contributed by atoms with Crippen molar-refractivity contribution in [2.75, 3.05) is 7.11 Å². The molecule has 0 radical (unpaired) electrons. The summed E-state index contributed by atoms with van der Waals surface area (Å²) in [6.45, 7) is 0.201. The molecule has 0 atom stereocenters. The monoisotopic (exact) mass is 274 g/mol. The molecular weight excluding hydrogens is 260 g/mol. The summed E-state index contributed by atoms with van der Waals surface area (Å²) in [5.74, 6) is 2.66. The number of nitrogens with zero attached hydrogens (tertiary/aromatic N) is 2. The van der Waals surface area contributed by atoms with Crippen LogP contribution in [-0.2, 0) is 6.61 Å². The molecule has 0 bridgehead atoms. The van der Waals surface area contributed by atoms with E-state index in [1.54, 1.807) is 18.2 Å². The summed E-state index contributed by atoms with van der Waals surface area (Å²) in [4.78, 5) is 15.0. The van der Waals surface area contributed by atoms with Crippen LogP contribution in [0.25, 0.3) is 0 Å². The third-order valence-corrected chi connectivity index (χ3v) is 3.09. The molecule has 0 aliphatic heterocycles. The highest BCUT2D eigenvalue weighted by Crippen LogP contribution is 2.38. The van der Waals surface area contributed by atoms with E-state index in [4.69, 9.17) is 14.0 Å². The third-order valence-electron chi connectivity index (χ3n) is 3.09. The van der Waals surface area contributed by atoms with Crippen molar-refractivity contribution in [1.29, 1.82) is 0 Å². The topological polar surface area (TPSA) is 74.5 Å². The van der Waals surface area contributed by atoms with Gasteiger partial charge in [0.25, 0.3) is 0 Å². The van der Waals surface area contributed by atoms with Gasteiger partial charge in [-0.3, -0.25) is 4.79 Å². The van der Waals surface area contributed by atoms with Gasteiger partial charge in [-0.2, -0.15) is 4.98 Å². The fraction of sp³-hybridized carbons (Fsp3) is 0.357. The van der Waals surface area contributed by atoms with Crippen LogP contribution in [-0.4, -0.2) is 23.5 Å². The molecule has 0 spiro atoms. The average Bonchev–Trinajstić information content (AvgIpc) is 3.24. The van der Waals surface area contributed by atoms with E-state index in [1.807, 2.05) is 0 Å². The lowest BCUT2D eigenvalue weighted by atomic mass is 10.2. The van der Waals surface area contributed by atoms with E-state index in [9.17, 15) is 4.79 Å². The molecule has 1 aliphatic rings. The van der Waals surface area contributed by atoms with Crippen LogP contribution < -0.4 is 9.47 Å². The Kier molecular flexibility index (Phi) is 3.37. The van der Waals surface area contributed by atoms with Gasteiger partial charge in [-0.15, -0.1) is 0 Å². The highest BCUT2D eigenvalue weighted by molar-refractivity contribution is 5.76. The van der Waals surface area contributed by atoms with Gasteiger partial charge in [-0.05, 0) is 31.0 Å². The molecule has 1 saturated carbocycles. The molecule has 0 saturated heterocycles. The first-order chi connectivity index (χ1) is 9.80. The van der Waals surface area contributed by atoms with Crippen LogP contribution in [0.3, 0.4) is 0 Å². The van der Waals surface area contributed by atoms with Crippen LogP contribution in [0.15, 0.2) is 22.7 Å². The lowest BCUT2D eigenvalue weighted by Crippen LogP contribution is -2.00. The molecule has 0 N–H and O–H groups in total. The normalized spacial score (nSPS) is 14.1. The molecule has 6 heteroatoms. The molecule has 1 aromatic carbocycles. The zero-order valence-corrected chi connectivity index (χ0v) is 11.0. The van der Waals surface area contributed by atoms with E-state index >= 15 is 0 Å². The van der Waals surface area contributed by atoms with Gasteiger partial charge < -0.3 is 14.0 Å². The maximum absolute atomic E-state index is 10.7. The number of ether oxygens (including phenoxy) is 2. The number of rotatable bonds is 6. The van der Waals surface area contributed by atoms with Crippen LogP contribution in [0.2, 0.25) is 0 Å². The highest BCUT2D eigenvalue weighted by atomic mass is 16.5. The van der Waals surface area contributed by atoms with Crippen molar-refractivity contribution in [2.24, 2.45) is 0 Å². The molecule has 3 rings (SSSR count). The fourth-order valence-electron chi connectivity index (χ4n) is 1.84. The molecule has 1 aliphatic carbocycles. The quantitative estimate of drug-likeness (QED) is 0.753. The van der Waals surface area contributed by atoms with Crippen LogP contribution in [0.5, 0.6) is 11.5 Å². The van der Waals surface area contributed by atoms with Crippen LogP contribution in [0.4, 0.5) is 0 Å². The fourth-order valence-corrected chi connectivity index (χ4v) is 1.84. The van der Waals surface area contributed by atoms with Crippen molar-refractivity contribution in [1.82, 2.24) is 10.1 Å². The number of benzene rings is 1. The molecule has 104 valence electrons. The van der Waals surface area contributed by atoms with Crippen LogP contribution >= 0.6 is 0 Å². The Balaban J connectivity index is 1.68. The second-order valence-corrected chi connectivity index (χ2v) is 4.64. The van der Waals surface area contributed by atoms with E-state index in [-0.39, 0.29) is 6.61 Å². The number of aromatic nitrogens is 2. The average molecular weight is 274 g/mol. The van der Waals surface area contributed by atoms with Crippen molar-refractivity contribution in [3.63, 3.8) is 0 Å². The smallest absolute Gasteiger partial charge is 0.229 e. The third kappa shape index (κ3) is 2.64. The Bertz CT molecular complexity index is 619. The number of hydrogen-bond acceptors (Lipinski definition) is 6. The summed E-state index contributed by atoms with van der Waals surface area (Å²) in [6, 6.07) is 4.97. The van der Waals surface area contributed by atoms with E-state index in [2.05, 4.69) is 10.1 Å². The first-order valence-electron chi connectivity index (χ1n) is 6.38. The summed E-state index contributed by atoms with van der Waals surface area (Å²) in [5.41, 5.74) is 0.532. The Hall–Kier alpha value is -2.37. The van der Waals surface area contributed by atoms with Gasteiger partial charge in [0.15, 0.2) is 18.1 Å². The maximum atomic E-state index is 10.7. The predicted molar refractivity (Wildman–Crippen MR) is 69.0 cm³/mol. The van der Waals surface area contributed by atoms with Crippen molar-refractivity contribution in [3.05, 3.63) is 35.5 Å². The summed E-state index contributed by atoms with van der Waals surface area (Å²) in [7, 11) is 1.52. The van der Waals surface area contributed by atoms with Crippen LogP contribution in [0.1, 0.15) is 40.8 Å². The Morgan fingerprint density at radius 2 is 2.25 bits per heavy atom. The highest BCUT2D eigenvalue weighted by Gasteiger charge is 2.29. The molecule has 20 heavy (non-hydrogen) atoms. The molecular formula is C14H14N2O4. The first-order valence-corrected chi connectivity index (χ1v) is 6.38. The SMILES string of the molecule is COc1cc(C=O)ccc1OCc1noc(C2CC2)n1. The summed E-state index contributed by atoms with van der Waals surface area (Å²) >= 11 is 0. The number of hydrogen-bond donors (Lipinski definition) is 0. The summed E-state index contributed by atoms with van der Waals surface area (Å²) < 4.78 is 15.9. The van der Waals surface area contributed by atoms with Gasteiger partial charge in [0.05, 0.1) is 7.11 Å². The molecule has 2 aromatic rings. The summed E-state index contributed by atoms with van der Waals surface area (Å²) in [6.07, 6.45) is 2.99. The van der Waals surface area contributed by atoms with Crippen molar-refractivity contribution < 1.29 is 18.8 Å². The largest absolute Gasteiger partial charge is 0.493 e. The molecule has 1 aromatic heterocycles. The van der Waals surface area contributed by atoms with E-state index in [1.165, 1.54) is 7.11 Å². The van der Waals surface area contributed by atoms with Crippen molar-refractivity contribution in [3.8, 4) is 11.5 Å². The minimum absolute atomic E-state index is 0.201. The zero-order chi connectivity index (χ0) is 13.9. The second kappa shape index (κ2) is 5.32. The minimum Gasteiger partial charge on any atom is -0.493 e. The maximum Gasteiger partial charge on any atom is 0.229 e. The van der Waals surface area contributed by atoms with Crippen molar-refractivity contribution >= 4 is 6.29 Å². The number of carbonyl (C=O) groups excluding carboxylic acids is 1. The molecule has 1 fully saturated rings. The second-order valence-electron chi connectivity index (χ2n) is 4.64. The molecule has 0 amide bonds. The van der Waals surface area contributed by atoms with Gasteiger partial charge >= 0.3 is 0 Å². The van der Waals surface area contributed by atoms with Gasteiger partial charge in [0.2, 0.25) is 11.7 Å². The lowest BCUT2D eigenvalue weighted by molar-refractivity contribution is 0.112. The lowest BCUT2D eigenvalue weighted by Gasteiger charge is -2.09.